The van der Waals surface area contributed by atoms with Gasteiger partial charge in [0.25, 0.3) is 0 Å². The number of nitrogens with one attached hydrogen (secondary N) is 1. The van der Waals surface area contributed by atoms with Crippen LogP contribution >= 0.6 is 0 Å². The Labute approximate surface area is 164 Å². The second kappa shape index (κ2) is 10.9. The van der Waals surface area contributed by atoms with Crippen molar-refractivity contribution in [2.24, 2.45) is 0 Å². The third kappa shape index (κ3) is 7.42. The van der Waals surface area contributed by atoms with Gasteiger partial charge in [0.1, 0.15) is 5.75 Å². The van der Waals surface area contributed by atoms with Crippen LogP contribution in [-0.4, -0.2) is 67.0 Å². The number of rotatable bonds is 9. The number of amides is 2. The van der Waals surface area contributed by atoms with E-state index in [9.17, 15) is 18.4 Å². The molecule has 28 heavy (non-hydrogen) atoms. The van der Waals surface area contributed by atoms with Crippen LogP contribution in [0.15, 0.2) is 24.3 Å². The summed E-state index contributed by atoms with van der Waals surface area (Å²) >= 11 is 0. The zero-order valence-electron chi connectivity index (χ0n) is 16.5. The molecule has 2 rings (SSSR count). The molecular weight excluding hydrogens is 368 g/mol. The molecule has 1 N–H and O–H groups in total. The van der Waals surface area contributed by atoms with Gasteiger partial charge in [-0.15, -0.1) is 0 Å². The molecular formula is C20H29F2N3O3. The van der Waals surface area contributed by atoms with E-state index in [0.717, 1.165) is 12.0 Å². The van der Waals surface area contributed by atoms with Crippen LogP contribution in [0.3, 0.4) is 0 Å². The Kier molecular flexibility index (Phi) is 8.63. The molecule has 156 valence electrons. The molecule has 1 aliphatic heterocycles. The van der Waals surface area contributed by atoms with Gasteiger partial charge in [0, 0.05) is 38.6 Å². The third-order valence-corrected chi connectivity index (χ3v) is 4.89. The van der Waals surface area contributed by atoms with E-state index >= 15 is 0 Å². The van der Waals surface area contributed by atoms with E-state index in [0.29, 0.717) is 45.6 Å². The molecule has 0 bridgehead atoms. The van der Waals surface area contributed by atoms with Gasteiger partial charge < -0.3 is 15.0 Å². The highest BCUT2D eigenvalue weighted by molar-refractivity contribution is 5.78. The molecule has 1 atom stereocenters. The summed E-state index contributed by atoms with van der Waals surface area (Å²) in [5.74, 6) is 0.198. The highest BCUT2D eigenvalue weighted by Crippen LogP contribution is 2.16. The number of benzene rings is 1. The van der Waals surface area contributed by atoms with Crippen molar-refractivity contribution in [2.45, 2.75) is 45.8 Å². The first-order valence-electron chi connectivity index (χ1n) is 9.70. The Bertz CT molecular complexity index is 632. The number of halogens is 2. The van der Waals surface area contributed by atoms with Crippen molar-refractivity contribution in [1.29, 1.82) is 0 Å². The van der Waals surface area contributed by atoms with Gasteiger partial charge in [-0.3, -0.25) is 14.5 Å². The molecule has 0 spiro atoms. The minimum atomic E-state index is -2.84. The van der Waals surface area contributed by atoms with Crippen LogP contribution in [0.1, 0.15) is 32.3 Å². The summed E-state index contributed by atoms with van der Waals surface area (Å²) in [4.78, 5) is 28.2. The number of carbonyl (C=O) groups excluding carboxylic acids is 2. The Hall–Kier alpha value is -2.22. The molecule has 1 fully saturated rings. The second-order valence-corrected chi connectivity index (χ2v) is 7.06. The summed E-state index contributed by atoms with van der Waals surface area (Å²) < 4.78 is 28.6. The predicted molar refractivity (Wildman–Crippen MR) is 102 cm³/mol. The summed E-state index contributed by atoms with van der Waals surface area (Å²) in [5, 5.41) is 2.95. The predicted octanol–water partition coefficient (Wildman–Crippen LogP) is 2.28. The first-order valence-corrected chi connectivity index (χ1v) is 9.70. The van der Waals surface area contributed by atoms with E-state index in [2.05, 4.69) is 15.0 Å². The molecule has 1 heterocycles. The summed E-state index contributed by atoms with van der Waals surface area (Å²) in [5.41, 5.74) is 0.898. The molecule has 0 radical (unpaired) electrons. The summed E-state index contributed by atoms with van der Waals surface area (Å²) in [7, 11) is 0. The Morgan fingerprint density at radius 2 is 1.79 bits per heavy atom. The van der Waals surface area contributed by atoms with E-state index < -0.39 is 6.61 Å². The topological polar surface area (TPSA) is 61.9 Å². The maximum absolute atomic E-state index is 12.4. The first kappa shape index (κ1) is 22.1. The summed E-state index contributed by atoms with van der Waals surface area (Å²) in [6, 6.07) is 6.52. The van der Waals surface area contributed by atoms with Crippen molar-refractivity contribution >= 4 is 11.8 Å². The Balaban J connectivity index is 1.69. The normalized spacial score (nSPS) is 16.1. The Morgan fingerprint density at radius 1 is 1.14 bits per heavy atom. The number of hydrogen-bond acceptors (Lipinski definition) is 4. The molecule has 1 aromatic carbocycles. The van der Waals surface area contributed by atoms with Gasteiger partial charge in [-0.25, -0.2) is 0 Å². The van der Waals surface area contributed by atoms with Crippen molar-refractivity contribution in [3.63, 3.8) is 0 Å². The van der Waals surface area contributed by atoms with Crippen LogP contribution in [0.4, 0.5) is 8.78 Å². The number of alkyl halides is 2. The molecule has 0 saturated carbocycles. The fourth-order valence-corrected chi connectivity index (χ4v) is 3.03. The molecule has 2 amide bonds. The van der Waals surface area contributed by atoms with Crippen molar-refractivity contribution in [3.05, 3.63) is 29.8 Å². The maximum atomic E-state index is 12.4. The van der Waals surface area contributed by atoms with Gasteiger partial charge in [-0.05, 0) is 37.5 Å². The van der Waals surface area contributed by atoms with Crippen LogP contribution in [0.2, 0.25) is 0 Å². The van der Waals surface area contributed by atoms with Gasteiger partial charge in [0.15, 0.2) is 0 Å². The highest BCUT2D eigenvalue weighted by Gasteiger charge is 2.22. The number of hydrogen-bond donors (Lipinski definition) is 1. The number of aryl methyl sites for hydroxylation is 1. The smallest absolute Gasteiger partial charge is 0.387 e. The largest absolute Gasteiger partial charge is 0.435 e. The fraction of sp³-hybridized carbons (Fsp3) is 0.600. The van der Waals surface area contributed by atoms with Gasteiger partial charge >= 0.3 is 6.61 Å². The lowest BCUT2D eigenvalue weighted by Crippen LogP contribution is -2.51. The molecule has 0 aliphatic carbocycles. The minimum Gasteiger partial charge on any atom is -0.435 e. The van der Waals surface area contributed by atoms with E-state index in [1.54, 1.807) is 12.1 Å². The van der Waals surface area contributed by atoms with Gasteiger partial charge in [-0.1, -0.05) is 19.1 Å². The summed E-state index contributed by atoms with van der Waals surface area (Å²) in [6.45, 7) is 4.10. The van der Waals surface area contributed by atoms with Crippen LogP contribution < -0.4 is 10.1 Å². The van der Waals surface area contributed by atoms with Gasteiger partial charge in [0.05, 0.1) is 6.54 Å². The number of carbonyl (C=O) groups is 2. The Morgan fingerprint density at radius 3 is 2.36 bits per heavy atom. The average molecular weight is 397 g/mol. The summed E-state index contributed by atoms with van der Waals surface area (Å²) in [6.07, 6.45) is 1.81. The SMILES string of the molecule is CCC(C)NC(=O)CN1CCN(C(=O)CCc2ccc(OC(F)F)cc2)CC1. The fourth-order valence-electron chi connectivity index (χ4n) is 3.03. The van der Waals surface area contributed by atoms with Crippen LogP contribution in [0, 0.1) is 0 Å². The first-order chi connectivity index (χ1) is 13.4. The third-order valence-electron chi connectivity index (χ3n) is 4.89. The van der Waals surface area contributed by atoms with Crippen molar-refractivity contribution in [2.75, 3.05) is 32.7 Å². The molecule has 1 saturated heterocycles. The van der Waals surface area contributed by atoms with Crippen molar-refractivity contribution in [3.8, 4) is 5.75 Å². The lowest BCUT2D eigenvalue weighted by Gasteiger charge is -2.34. The maximum Gasteiger partial charge on any atom is 0.387 e. The van der Waals surface area contributed by atoms with Crippen molar-refractivity contribution in [1.82, 2.24) is 15.1 Å². The molecule has 1 aromatic rings. The lowest BCUT2D eigenvalue weighted by atomic mass is 10.1. The van der Waals surface area contributed by atoms with Crippen LogP contribution in [0.5, 0.6) is 5.75 Å². The van der Waals surface area contributed by atoms with Gasteiger partial charge in [-0.2, -0.15) is 8.78 Å². The molecule has 6 nitrogen and oxygen atoms in total. The van der Waals surface area contributed by atoms with E-state index in [4.69, 9.17) is 0 Å². The standard InChI is InChI=1S/C20H29F2N3O3/c1-3-15(2)23-18(26)14-24-10-12-25(13-11-24)19(27)9-6-16-4-7-17(8-5-16)28-20(21)22/h4-5,7-8,15,20H,3,6,9-14H2,1-2H3,(H,23,26). The van der Waals surface area contributed by atoms with E-state index in [1.807, 2.05) is 18.7 Å². The molecule has 0 aromatic heterocycles. The highest BCUT2D eigenvalue weighted by atomic mass is 19.3. The van der Waals surface area contributed by atoms with E-state index in [-0.39, 0.29) is 23.6 Å². The number of ether oxygens (including phenoxy) is 1. The molecule has 1 unspecified atom stereocenters. The molecule has 8 heteroatoms. The minimum absolute atomic E-state index is 0.0217. The zero-order valence-corrected chi connectivity index (χ0v) is 16.5. The zero-order chi connectivity index (χ0) is 20.5. The van der Waals surface area contributed by atoms with E-state index in [1.165, 1.54) is 12.1 Å². The lowest BCUT2D eigenvalue weighted by molar-refractivity contribution is -0.133. The average Bonchev–Trinajstić information content (AvgIpc) is 2.67. The van der Waals surface area contributed by atoms with Gasteiger partial charge in [0.2, 0.25) is 11.8 Å². The van der Waals surface area contributed by atoms with Crippen LogP contribution in [0.25, 0.3) is 0 Å². The quantitative estimate of drug-likeness (QED) is 0.695. The molecule has 1 aliphatic rings. The monoisotopic (exact) mass is 397 g/mol. The van der Waals surface area contributed by atoms with Crippen LogP contribution in [-0.2, 0) is 16.0 Å². The second-order valence-electron chi connectivity index (χ2n) is 7.06. The number of nitrogens with zero attached hydrogens (tertiary/aromatic N) is 2. The number of piperazine rings is 1. The van der Waals surface area contributed by atoms with Crippen molar-refractivity contribution < 1.29 is 23.1 Å².